The fourth-order valence-electron chi connectivity index (χ4n) is 10.4. The summed E-state index contributed by atoms with van der Waals surface area (Å²) in [6.45, 7) is 18.1. The van der Waals surface area contributed by atoms with Crippen LogP contribution in [0.5, 0.6) is 0 Å². The first-order chi connectivity index (χ1) is 24.2. The van der Waals surface area contributed by atoms with Gasteiger partial charge in [0.05, 0.1) is 0 Å². The van der Waals surface area contributed by atoms with Gasteiger partial charge in [0.1, 0.15) is 0 Å². The molecule has 3 heteroatoms. The number of hydrogen-bond donors (Lipinski definition) is 0. The molecule has 0 radical (unpaired) electrons. The molecule has 1 unspecified atom stereocenters. The molecular weight excluding hydrogens is 763 g/mol. The first kappa shape index (κ1) is 42.1. The van der Waals surface area contributed by atoms with Gasteiger partial charge in [-0.15, -0.1) is 11.1 Å². The number of fused-ring (bicyclic) bond motifs is 4. The zero-order chi connectivity index (χ0) is 36.1. The number of allylic oxidation sites excluding steroid dienone is 4. The summed E-state index contributed by atoms with van der Waals surface area (Å²) in [6, 6.07) is 30.1. The van der Waals surface area contributed by atoms with Crippen molar-refractivity contribution in [2.75, 3.05) is 0 Å². The van der Waals surface area contributed by atoms with Crippen molar-refractivity contribution in [1.29, 1.82) is 0 Å². The molecule has 0 amide bonds. The van der Waals surface area contributed by atoms with Crippen LogP contribution in [0.3, 0.4) is 0 Å². The standard InChI is InChI=1S/C21H25.C18H25.C11H8.2ClH.Zr/c1-20(2,3)16-7-9-18-14(12-16)11-15-13-17(21(4,5)6)8-10-19(15)18;1-12-3-13(2)17(4-12)11-18-8-14-5-15(9-18)7-16(6-14)10-18;1-9-5-4-7-10-6-2-3-8-11(9)10;;;/h7-10,12H,11H2,1-6H3;4,12,14-16H,5-11H2,1-2H3;1-8H;2*1H;/q2*-1;;;;+2/p-2. The van der Waals surface area contributed by atoms with E-state index in [1.54, 1.807) is 44.1 Å². The maximum atomic E-state index is 3.67. The van der Waals surface area contributed by atoms with Gasteiger partial charge < -0.3 is 24.8 Å². The second-order valence-corrected chi connectivity index (χ2v) is 19.6. The Labute approximate surface area is 348 Å². The average Bonchev–Trinajstić information content (AvgIpc) is 3.60. The van der Waals surface area contributed by atoms with E-state index in [-0.39, 0.29) is 35.6 Å². The van der Waals surface area contributed by atoms with Gasteiger partial charge in [-0.3, -0.25) is 6.08 Å². The molecule has 1 atom stereocenters. The number of rotatable bonds is 3. The Morgan fingerprint density at radius 3 is 1.98 bits per heavy atom. The van der Waals surface area contributed by atoms with Gasteiger partial charge in [-0.1, -0.05) is 91.5 Å². The van der Waals surface area contributed by atoms with Crippen molar-refractivity contribution < 1.29 is 49.0 Å². The van der Waals surface area contributed by atoms with E-state index < -0.39 is 0 Å². The first-order valence-corrected chi connectivity index (χ1v) is 21.1. The summed E-state index contributed by atoms with van der Waals surface area (Å²) < 4.78 is 2.23. The van der Waals surface area contributed by atoms with Crippen LogP contribution in [0.4, 0.5) is 0 Å². The van der Waals surface area contributed by atoms with Gasteiger partial charge in [-0.05, 0) is 90.1 Å². The predicted octanol–water partition coefficient (Wildman–Crippen LogP) is 7.12. The van der Waals surface area contributed by atoms with Crippen LogP contribution in [0.25, 0.3) is 21.9 Å². The molecule has 4 aromatic rings. The molecule has 0 saturated heterocycles. The van der Waals surface area contributed by atoms with Crippen LogP contribution in [-0.4, -0.2) is 3.71 Å². The molecule has 0 N–H and O–H groups in total. The Kier molecular flexibility index (Phi) is 13.2. The van der Waals surface area contributed by atoms with Crippen molar-refractivity contribution in [3.8, 4) is 11.1 Å². The van der Waals surface area contributed by atoms with E-state index in [9.17, 15) is 0 Å². The molecule has 0 aliphatic heterocycles. The van der Waals surface area contributed by atoms with E-state index >= 15 is 0 Å². The third-order valence-electron chi connectivity index (χ3n) is 12.6. The summed E-state index contributed by atoms with van der Waals surface area (Å²) in [5.41, 5.74) is 13.9. The third-order valence-corrected chi connectivity index (χ3v) is 13.3. The molecule has 0 aromatic heterocycles. The topological polar surface area (TPSA) is 0 Å². The van der Waals surface area contributed by atoms with Crippen LogP contribution in [-0.2, 0) is 41.5 Å². The molecule has 278 valence electrons. The van der Waals surface area contributed by atoms with E-state index in [0.29, 0.717) is 11.3 Å². The summed E-state index contributed by atoms with van der Waals surface area (Å²) in [6.07, 6.45) is 17.8. The van der Waals surface area contributed by atoms with Gasteiger partial charge >= 0.3 is 86.7 Å². The number of hydrogen-bond acceptors (Lipinski definition) is 0. The van der Waals surface area contributed by atoms with Crippen molar-refractivity contribution in [2.45, 2.75) is 118 Å². The van der Waals surface area contributed by atoms with Crippen LogP contribution in [0.2, 0.25) is 0 Å². The fourth-order valence-corrected chi connectivity index (χ4v) is 11.0. The molecule has 0 heterocycles. The summed E-state index contributed by atoms with van der Waals surface area (Å²) in [5.74, 6) is 3.82. The average molecular weight is 821 g/mol. The molecule has 0 spiro atoms. The zero-order valence-corrected chi connectivity index (χ0v) is 37.3. The minimum atomic E-state index is 0. The Bertz CT molecular complexity index is 1900. The predicted molar refractivity (Wildman–Crippen MR) is 215 cm³/mol. The Morgan fingerprint density at radius 2 is 1.40 bits per heavy atom. The van der Waals surface area contributed by atoms with Gasteiger partial charge in [-0.25, -0.2) is 5.57 Å². The summed E-state index contributed by atoms with van der Waals surface area (Å²) in [4.78, 5) is 0. The van der Waals surface area contributed by atoms with Crippen molar-refractivity contribution >= 4 is 14.5 Å². The quantitative estimate of drug-likeness (QED) is 0.170. The van der Waals surface area contributed by atoms with E-state index in [4.69, 9.17) is 0 Å². The molecule has 4 fully saturated rings. The molecule has 6 aliphatic rings. The number of benzene rings is 4. The van der Waals surface area contributed by atoms with E-state index in [0.717, 1.165) is 24.2 Å². The molecule has 0 nitrogen and oxygen atoms in total. The Morgan fingerprint density at radius 1 is 0.774 bits per heavy atom. The SMILES string of the molecule is CC(C)(C)c1[c-]c2c(cc1)-c1ccc(C(C)(C)C)cc1C2.CC1=[C-]C(C)C=C1CC12CC3CC(CC(C3)C1)C2.[Cl-].[Cl-].[Zr+2]=[CH]c1cccc2ccccc12. The van der Waals surface area contributed by atoms with E-state index in [2.05, 4.69) is 150 Å². The van der Waals surface area contributed by atoms with Gasteiger partial charge in [0.2, 0.25) is 0 Å². The molecule has 53 heavy (non-hydrogen) atoms. The summed E-state index contributed by atoms with van der Waals surface area (Å²) >= 11 is 1.46. The third kappa shape index (κ3) is 9.33. The Balaban J connectivity index is 0.000000155. The maximum absolute atomic E-state index is 3.67. The Hall–Kier alpha value is -2.05. The number of halogens is 2. The second kappa shape index (κ2) is 16.6. The molecule has 10 rings (SSSR count). The van der Waals surface area contributed by atoms with E-state index in [1.165, 1.54) is 85.9 Å². The van der Waals surface area contributed by atoms with Gasteiger partial charge in [0.25, 0.3) is 0 Å². The molecule has 4 bridgehead atoms. The molecule has 4 aromatic carbocycles. The van der Waals surface area contributed by atoms with Crippen molar-refractivity contribution in [2.24, 2.45) is 29.1 Å². The van der Waals surface area contributed by atoms with Gasteiger partial charge in [-0.2, -0.15) is 35.4 Å². The molecular formula is C50H58Cl2Zr-2. The van der Waals surface area contributed by atoms with Crippen LogP contribution < -0.4 is 24.8 Å². The fraction of sp³-hybridized carbons (Fsp3) is 0.460. The van der Waals surface area contributed by atoms with E-state index in [1.807, 2.05) is 0 Å². The van der Waals surface area contributed by atoms with Crippen molar-refractivity contribution in [1.82, 2.24) is 0 Å². The first-order valence-electron chi connectivity index (χ1n) is 19.7. The molecule has 6 aliphatic carbocycles. The summed E-state index contributed by atoms with van der Waals surface area (Å²) in [5, 5.41) is 2.69. The van der Waals surface area contributed by atoms with Gasteiger partial charge in [0, 0.05) is 0 Å². The van der Waals surface area contributed by atoms with Gasteiger partial charge in [0.15, 0.2) is 0 Å². The monoisotopic (exact) mass is 818 g/mol. The van der Waals surface area contributed by atoms with Crippen LogP contribution in [0.15, 0.2) is 90.0 Å². The zero-order valence-electron chi connectivity index (χ0n) is 33.3. The van der Waals surface area contributed by atoms with Crippen molar-refractivity contribution in [3.05, 3.63) is 130 Å². The van der Waals surface area contributed by atoms with Crippen molar-refractivity contribution in [3.63, 3.8) is 0 Å². The van der Waals surface area contributed by atoms with Crippen LogP contribution in [0, 0.1) is 41.2 Å². The second-order valence-electron chi connectivity index (χ2n) is 18.9. The summed E-state index contributed by atoms with van der Waals surface area (Å²) in [7, 11) is 0. The minimum absolute atomic E-state index is 0. The van der Waals surface area contributed by atoms with Crippen LogP contribution in [0.1, 0.15) is 128 Å². The normalized spacial score (nSPS) is 24.6. The van der Waals surface area contributed by atoms with Crippen LogP contribution >= 0.6 is 0 Å². The molecule has 4 saturated carbocycles.